The largest absolute Gasteiger partial charge is 0.441 e. The third-order valence-corrected chi connectivity index (χ3v) is 2.81. The number of hydrogen-bond acceptors (Lipinski definition) is 4. The number of nitrogens with one attached hydrogen (secondary N) is 1. The molecule has 0 aliphatic carbocycles. The Hall–Kier alpha value is -1.39. The van der Waals surface area contributed by atoms with Gasteiger partial charge in [0, 0.05) is 26.5 Å². The second-order valence-electron chi connectivity index (χ2n) is 4.17. The van der Waals surface area contributed by atoms with Crippen LogP contribution < -0.4 is 5.32 Å². The average Bonchev–Trinajstić information content (AvgIpc) is 2.67. The third-order valence-electron chi connectivity index (χ3n) is 2.81. The van der Waals surface area contributed by atoms with Gasteiger partial charge in [-0.05, 0) is 24.7 Å². The molecule has 4 heteroatoms. The van der Waals surface area contributed by atoms with Crippen molar-refractivity contribution in [3.05, 3.63) is 29.7 Å². The van der Waals surface area contributed by atoms with Gasteiger partial charge >= 0.3 is 0 Å². The summed E-state index contributed by atoms with van der Waals surface area (Å²) in [6.45, 7) is 3.44. The number of nitrogens with zero attached hydrogens (tertiary/aromatic N) is 1. The lowest BCUT2D eigenvalue weighted by molar-refractivity contribution is 0.178. The number of hydrogen-bond donors (Lipinski definition) is 1. The summed E-state index contributed by atoms with van der Waals surface area (Å²) in [5.74, 6) is 1.04. The minimum Gasteiger partial charge on any atom is -0.441 e. The van der Waals surface area contributed by atoms with Crippen LogP contribution in [0.3, 0.4) is 0 Å². The van der Waals surface area contributed by atoms with Crippen molar-refractivity contribution in [2.75, 3.05) is 27.3 Å². The van der Waals surface area contributed by atoms with Crippen LogP contribution in [-0.4, -0.2) is 32.3 Å². The van der Waals surface area contributed by atoms with Crippen LogP contribution in [0.1, 0.15) is 17.4 Å². The Balaban J connectivity index is 2.32. The van der Waals surface area contributed by atoms with Crippen LogP contribution in [0.5, 0.6) is 0 Å². The summed E-state index contributed by atoms with van der Waals surface area (Å²) in [5, 5.41) is 3.18. The molecule has 1 aromatic heterocycles. The molecule has 92 valence electrons. The van der Waals surface area contributed by atoms with Crippen LogP contribution in [0.4, 0.5) is 0 Å². The maximum absolute atomic E-state index is 5.46. The van der Waals surface area contributed by atoms with Crippen molar-refractivity contribution >= 4 is 11.1 Å². The molecule has 17 heavy (non-hydrogen) atoms. The number of oxazole rings is 1. The van der Waals surface area contributed by atoms with Crippen molar-refractivity contribution in [2.24, 2.45) is 0 Å². The Kier molecular flexibility index (Phi) is 3.76. The van der Waals surface area contributed by atoms with Gasteiger partial charge in [0.15, 0.2) is 11.5 Å². The van der Waals surface area contributed by atoms with Gasteiger partial charge < -0.3 is 14.5 Å². The Morgan fingerprint density at radius 1 is 1.47 bits per heavy atom. The summed E-state index contributed by atoms with van der Waals surface area (Å²) in [7, 11) is 3.67. The Labute approximate surface area is 101 Å². The highest BCUT2D eigenvalue weighted by Gasteiger charge is 2.12. The number of likely N-dealkylation sites (N-methyl/N-ethyl adjacent to an activating group) is 1. The number of ether oxygens (including phenoxy) is 1. The number of aromatic nitrogens is 1. The average molecular weight is 234 g/mol. The maximum Gasteiger partial charge on any atom is 0.192 e. The van der Waals surface area contributed by atoms with E-state index >= 15 is 0 Å². The fraction of sp³-hybridized carbons (Fsp3) is 0.462. The topological polar surface area (TPSA) is 47.3 Å². The van der Waals surface area contributed by atoms with E-state index in [2.05, 4.69) is 22.4 Å². The van der Waals surface area contributed by atoms with Crippen LogP contribution in [0.25, 0.3) is 11.1 Å². The molecular weight excluding hydrogens is 216 g/mol. The van der Waals surface area contributed by atoms with Crippen molar-refractivity contribution in [2.45, 2.75) is 12.8 Å². The normalized spacial score (nSPS) is 13.1. The molecule has 0 saturated carbocycles. The highest BCUT2D eigenvalue weighted by atomic mass is 16.5. The van der Waals surface area contributed by atoms with Crippen molar-refractivity contribution in [3.8, 4) is 0 Å². The molecule has 0 spiro atoms. The van der Waals surface area contributed by atoms with Crippen LogP contribution in [0.15, 0.2) is 22.6 Å². The van der Waals surface area contributed by atoms with Gasteiger partial charge in [0.2, 0.25) is 0 Å². The summed E-state index contributed by atoms with van der Waals surface area (Å²) >= 11 is 0. The molecular formula is C13H18N2O2. The summed E-state index contributed by atoms with van der Waals surface area (Å²) in [6, 6.07) is 6.13. The standard InChI is InChI=1S/C13H18N2O2/c1-9-15-12-6-10(4-5-13(12)17-9)11(7-14-2)8-16-3/h4-6,11,14H,7-8H2,1-3H3. The predicted molar refractivity (Wildman–Crippen MR) is 67.3 cm³/mol. The zero-order valence-electron chi connectivity index (χ0n) is 10.5. The van der Waals surface area contributed by atoms with Gasteiger partial charge in [0.25, 0.3) is 0 Å². The van der Waals surface area contributed by atoms with E-state index in [0.29, 0.717) is 18.4 Å². The summed E-state index contributed by atoms with van der Waals surface area (Å²) in [4.78, 5) is 4.35. The van der Waals surface area contributed by atoms with Crippen LogP contribution >= 0.6 is 0 Å². The van der Waals surface area contributed by atoms with Gasteiger partial charge in [0.05, 0.1) is 6.61 Å². The zero-order chi connectivity index (χ0) is 12.3. The molecule has 1 atom stereocenters. The number of rotatable bonds is 5. The minimum absolute atomic E-state index is 0.339. The molecule has 0 aliphatic heterocycles. The molecule has 0 aliphatic rings. The number of aryl methyl sites for hydroxylation is 1. The van der Waals surface area contributed by atoms with Gasteiger partial charge in [0.1, 0.15) is 5.52 Å². The Morgan fingerprint density at radius 3 is 3.00 bits per heavy atom. The molecule has 1 aromatic carbocycles. The summed E-state index contributed by atoms with van der Waals surface area (Å²) < 4.78 is 10.7. The second kappa shape index (κ2) is 5.29. The van der Waals surface area contributed by atoms with E-state index < -0.39 is 0 Å². The Morgan fingerprint density at radius 2 is 2.29 bits per heavy atom. The van der Waals surface area contributed by atoms with Gasteiger partial charge in [-0.3, -0.25) is 0 Å². The van der Waals surface area contributed by atoms with Crippen molar-refractivity contribution < 1.29 is 9.15 Å². The van der Waals surface area contributed by atoms with Crippen LogP contribution in [-0.2, 0) is 4.74 Å². The molecule has 0 saturated heterocycles. The highest BCUT2D eigenvalue weighted by Crippen LogP contribution is 2.22. The van der Waals surface area contributed by atoms with Gasteiger partial charge in [-0.25, -0.2) is 4.98 Å². The van der Waals surface area contributed by atoms with Crippen LogP contribution in [0.2, 0.25) is 0 Å². The van der Waals surface area contributed by atoms with E-state index in [1.807, 2.05) is 20.0 Å². The fourth-order valence-electron chi connectivity index (χ4n) is 2.03. The first kappa shape index (κ1) is 12.1. The molecule has 2 aromatic rings. The molecule has 1 N–H and O–H groups in total. The Bertz CT molecular complexity index is 487. The van der Waals surface area contributed by atoms with Gasteiger partial charge in [-0.1, -0.05) is 6.07 Å². The lowest BCUT2D eigenvalue weighted by Gasteiger charge is -2.15. The second-order valence-corrected chi connectivity index (χ2v) is 4.17. The highest BCUT2D eigenvalue weighted by molar-refractivity contribution is 5.73. The minimum atomic E-state index is 0.339. The quantitative estimate of drug-likeness (QED) is 0.860. The van der Waals surface area contributed by atoms with E-state index in [0.717, 1.165) is 17.6 Å². The van der Waals surface area contributed by atoms with Gasteiger partial charge in [-0.2, -0.15) is 0 Å². The van der Waals surface area contributed by atoms with E-state index in [4.69, 9.17) is 9.15 Å². The zero-order valence-corrected chi connectivity index (χ0v) is 10.5. The van der Waals surface area contributed by atoms with Crippen molar-refractivity contribution in [1.82, 2.24) is 10.3 Å². The summed E-state index contributed by atoms with van der Waals surface area (Å²) in [6.07, 6.45) is 0. The molecule has 1 unspecified atom stereocenters. The molecule has 2 rings (SSSR count). The van der Waals surface area contributed by atoms with Crippen molar-refractivity contribution in [3.63, 3.8) is 0 Å². The van der Waals surface area contributed by atoms with E-state index in [-0.39, 0.29) is 0 Å². The number of methoxy groups -OCH3 is 1. The first-order chi connectivity index (χ1) is 8.24. The fourth-order valence-corrected chi connectivity index (χ4v) is 2.03. The maximum atomic E-state index is 5.46. The molecule has 0 fully saturated rings. The first-order valence-corrected chi connectivity index (χ1v) is 5.75. The lowest BCUT2D eigenvalue weighted by atomic mass is 9.99. The SMILES string of the molecule is CNCC(COC)c1ccc2oc(C)nc2c1. The van der Waals surface area contributed by atoms with Crippen LogP contribution in [0, 0.1) is 6.92 Å². The van der Waals surface area contributed by atoms with E-state index in [1.165, 1.54) is 5.56 Å². The monoisotopic (exact) mass is 234 g/mol. The number of fused-ring (bicyclic) bond motifs is 1. The molecule has 0 amide bonds. The summed E-state index contributed by atoms with van der Waals surface area (Å²) in [5.41, 5.74) is 2.98. The third kappa shape index (κ3) is 2.65. The van der Waals surface area contributed by atoms with Crippen molar-refractivity contribution in [1.29, 1.82) is 0 Å². The van der Waals surface area contributed by atoms with Gasteiger partial charge in [-0.15, -0.1) is 0 Å². The number of benzene rings is 1. The predicted octanol–water partition coefficient (Wildman–Crippen LogP) is 2.09. The lowest BCUT2D eigenvalue weighted by Crippen LogP contribution is -2.20. The smallest absolute Gasteiger partial charge is 0.192 e. The molecule has 0 bridgehead atoms. The van der Waals surface area contributed by atoms with E-state index in [1.54, 1.807) is 7.11 Å². The molecule has 0 radical (unpaired) electrons. The molecule has 1 heterocycles. The molecule has 4 nitrogen and oxygen atoms in total. The first-order valence-electron chi connectivity index (χ1n) is 5.75. The van der Waals surface area contributed by atoms with E-state index in [9.17, 15) is 0 Å².